The molecule has 146 valence electrons. The van der Waals surface area contributed by atoms with Gasteiger partial charge < -0.3 is 10.6 Å². The maximum absolute atomic E-state index is 12.8. The summed E-state index contributed by atoms with van der Waals surface area (Å²) in [6.07, 6.45) is 4.91. The van der Waals surface area contributed by atoms with Crippen molar-refractivity contribution in [1.29, 1.82) is 0 Å². The van der Waals surface area contributed by atoms with Gasteiger partial charge in [0.05, 0.1) is 17.3 Å². The molecule has 2 aromatic rings. The Morgan fingerprint density at radius 1 is 1.30 bits per heavy atom. The quantitative estimate of drug-likeness (QED) is 0.849. The molecule has 2 amide bonds. The van der Waals surface area contributed by atoms with Crippen molar-refractivity contribution >= 4 is 17.3 Å². The van der Waals surface area contributed by atoms with E-state index in [4.69, 9.17) is 0 Å². The summed E-state index contributed by atoms with van der Waals surface area (Å²) in [6.45, 7) is 11.2. The van der Waals surface area contributed by atoms with Crippen molar-refractivity contribution in [3.05, 3.63) is 36.2 Å². The Morgan fingerprint density at radius 3 is 2.70 bits per heavy atom. The molecular formula is C21H30N4O2. The molecule has 0 aromatic carbocycles. The van der Waals surface area contributed by atoms with Crippen molar-refractivity contribution in [1.82, 2.24) is 20.2 Å². The van der Waals surface area contributed by atoms with Crippen LogP contribution in [0.2, 0.25) is 0 Å². The van der Waals surface area contributed by atoms with Crippen LogP contribution in [0, 0.1) is 16.7 Å². The van der Waals surface area contributed by atoms with Gasteiger partial charge in [0.25, 0.3) is 5.91 Å². The van der Waals surface area contributed by atoms with E-state index in [-0.39, 0.29) is 28.7 Å². The molecule has 0 saturated heterocycles. The molecular weight excluding hydrogens is 340 g/mol. The van der Waals surface area contributed by atoms with E-state index in [1.54, 1.807) is 10.7 Å². The minimum atomic E-state index is -0.0746. The lowest BCUT2D eigenvalue weighted by molar-refractivity contribution is -0.123. The normalized spacial score (nSPS) is 21.5. The topological polar surface area (TPSA) is 75.5 Å². The Kier molecular flexibility index (Phi) is 5.02. The number of fused-ring (bicyclic) bond motifs is 1. The number of pyridine rings is 1. The first-order chi connectivity index (χ1) is 12.6. The average molecular weight is 370 g/mol. The van der Waals surface area contributed by atoms with Crippen molar-refractivity contribution in [3.63, 3.8) is 0 Å². The van der Waals surface area contributed by atoms with Crippen molar-refractivity contribution in [2.45, 2.75) is 53.5 Å². The standard InChI is InChI=1S/C21H30N4O2/c1-20(2,3)12-18(26)22-13-14-11-17(21(14,4)5)24-19(27)15-7-6-10-25-16(15)8-9-23-25/h6-10,14,17H,11-13H2,1-5H3,(H,22,26)(H,24,27). The summed E-state index contributed by atoms with van der Waals surface area (Å²) in [5.74, 6) is 0.380. The number of hydrogen-bond acceptors (Lipinski definition) is 3. The van der Waals surface area contributed by atoms with E-state index in [1.165, 1.54) is 0 Å². The number of nitrogens with zero attached hydrogens (tertiary/aromatic N) is 2. The van der Waals surface area contributed by atoms with Crippen LogP contribution in [-0.4, -0.2) is 34.0 Å². The lowest BCUT2D eigenvalue weighted by Crippen LogP contribution is -2.60. The predicted molar refractivity (Wildman–Crippen MR) is 105 cm³/mol. The second kappa shape index (κ2) is 6.98. The zero-order valence-electron chi connectivity index (χ0n) is 16.9. The number of nitrogens with one attached hydrogen (secondary N) is 2. The second-order valence-electron chi connectivity index (χ2n) is 9.40. The van der Waals surface area contributed by atoms with Gasteiger partial charge in [-0.05, 0) is 41.4 Å². The Morgan fingerprint density at radius 2 is 2.04 bits per heavy atom. The molecule has 2 aromatic heterocycles. The summed E-state index contributed by atoms with van der Waals surface area (Å²) in [6, 6.07) is 5.59. The molecule has 1 fully saturated rings. The fraction of sp³-hybridized carbons (Fsp3) is 0.571. The maximum atomic E-state index is 12.8. The molecule has 0 spiro atoms. The summed E-state index contributed by atoms with van der Waals surface area (Å²) < 4.78 is 1.70. The molecule has 2 heterocycles. The maximum Gasteiger partial charge on any atom is 0.253 e. The third kappa shape index (κ3) is 4.15. The minimum absolute atomic E-state index is 0.00951. The first-order valence-corrected chi connectivity index (χ1v) is 9.58. The van der Waals surface area contributed by atoms with Crippen LogP contribution in [0.5, 0.6) is 0 Å². The van der Waals surface area contributed by atoms with Gasteiger partial charge in [0.1, 0.15) is 0 Å². The SMILES string of the molecule is CC(C)(C)CC(=O)NCC1CC(NC(=O)c2cccn3nccc23)C1(C)C. The highest BCUT2D eigenvalue weighted by atomic mass is 16.2. The molecule has 0 radical (unpaired) electrons. The highest BCUT2D eigenvalue weighted by Gasteiger charge is 2.48. The van der Waals surface area contributed by atoms with Gasteiger partial charge in [0, 0.05) is 25.2 Å². The van der Waals surface area contributed by atoms with E-state index < -0.39 is 0 Å². The predicted octanol–water partition coefficient (Wildman–Crippen LogP) is 3.03. The van der Waals surface area contributed by atoms with Crippen LogP contribution in [0.25, 0.3) is 5.52 Å². The Balaban J connectivity index is 1.56. The van der Waals surface area contributed by atoms with Gasteiger partial charge in [0.2, 0.25) is 5.91 Å². The number of carbonyl (C=O) groups excluding carboxylic acids is 2. The molecule has 1 aliphatic rings. The fourth-order valence-corrected chi connectivity index (χ4v) is 3.77. The molecule has 1 saturated carbocycles. The van der Waals surface area contributed by atoms with Gasteiger partial charge in [-0.2, -0.15) is 5.10 Å². The van der Waals surface area contributed by atoms with Crippen molar-refractivity contribution in [3.8, 4) is 0 Å². The molecule has 2 atom stereocenters. The smallest absolute Gasteiger partial charge is 0.253 e. The lowest BCUT2D eigenvalue weighted by atomic mass is 9.58. The molecule has 0 aliphatic heterocycles. The third-order valence-electron chi connectivity index (χ3n) is 5.69. The Bertz CT molecular complexity index is 847. The van der Waals surface area contributed by atoms with E-state index in [1.807, 2.05) is 24.4 Å². The number of rotatable bonds is 5. The first-order valence-electron chi connectivity index (χ1n) is 9.58. The summed E-state index contributed by atoms with van der Waals surface area (Å²) in [4.78, 5) is 24.8. The van der Waals surface area contributed by atoms with Crippen LogP contribution in [0.15, 0.2) is 30.6 Å². The Labute approximate surface area is 160 Å². The van der Waals surface area contributed by atoms with Gasteiger partial charge in [-0.1, -0.05) is 34.6 Å². The van der Waals surface area contributed by atoms with Crippen LogP contribution in [-0.2, 0) is 4.79 Å². The van der Waals surface area contributed by atoms with Gasteiger partial charge in [-0.15, -0.1) is 0 Å². The van der Waals surface area contributed by atoms with Crippen LogP contribution in [0.1, 0.15) is 57.8 Å². The first kappa shape index (κ1) is 19.4. The monoisotopic (exact) mass is 370 g/mol. The third-order valence-corrected chi connectivity index (χ3v) is 5.69. The molecule has 1 aliphatic carbocycles. The average Bonchev–Trinajstić information content (AvgIpc) is 3.04. The van der Waals surface area contributed by atoms with E-state index in [9.17, 15) is 9.59 Å². The van der Waals surface area contributed by atoms with Crippen LogP contribution in [0.4, 0.5) is 0 Å². The minimum Gasteiger partial charge on any atom is -0.356 e. The van der Waals surface area contributed by atoms with Gasteiger partial charge in [-0.3, -0.25) is 9.59 Å². The fourth-order valence-electron chi connectivity index (χ4n) is 3.77. The Hall–Kier alpha value is -2.37. The van der Waals surface area contributed by atoms with Crippen molar-refractivity contribution < 1.29 is 9.59 Å². The highest BCUT2D eigenvalue weighted by Crippen LogP contribution is 2.46. The molecule has 2 unspecified atom stereocenters. The summed E-state index contributed by atoms with van der Waals surface area (Å²) >= 11 is 0. The lowest BCUT2D eigenvalue weighted by Gasteiger charge is -2.52. The van der Waals surface area contributed by atoms with Gasteiger partial charge in [-0.25, -0.2) is 4.52 Å². The summed E-state index contributed by atoms with van der Waals surface area (Å²) in [5, 5.41) is 10.4. The van der Waals surface area contributed by atoms with E-state index in [0.29, 0.717) is 24.4 Å². The number of amides is 2. The van der Waals surface area contributed by atoms with Crippen molar-refractivity contribution in [2.75, 3.05) is 6.54 Å². The van der Waals surface area contributed by atoms with Crippen molar-refractivity contribution in [2.24, 2.45) is 16.7 Å². The van der Waals surface area contributed by atoms with Gasteiger partial charge >= 0.3 is 0 Å². The number of carbonyl (C=O) groups is 2. The van der Waals surface area contributed by atoms with Crippen LogP contribution >= 0.6 is 0 Å². The van der Waals surface area contributed by atoms with Gasteiger partial charge in [0.15, 0.2) is 0 Å². The van der Waals surface area contributed by atoms with E-state index in [0.717, 1.165) is 11.9 Å². The van der Waals surface area contributed by atoms with E-state index in [2.05, 4.69) is 50.4 Å². The second-order valence-corrected chi connectivity index (χ2v) is 9.40. The van der Waals surface area contributed by atoms with Crippen LogP contribution in [0.3, 0.4) is 0 Å². The number of aromatic nitrogens is 2. The molecule has 3 rings (SSSR count). The zero-order valence-corrected chi connectivity index (χ0v) is 16.9. The molecule has 0 bridgehead atoms. The molecule has 2 N–H and O–H groups in total. The molecule has 27 heavy (non-hydrogen) atoms. The molecule has 6 nitrogen and oxygen atoms in total. The molecule has 6 heteroatoms. The highest BCUT2D eigenvalue weighted by molar-refractivity contribution is 6.00. The zero-order chi connectivity index (χ0) is 19.8. The summed E-state index contributed by atoms with van der Waals surface area (Å²) in [5.41, 5.74) is 1.37. The summed E-state index contributed by atoms with van der Waals surface area (Å²) in [7, 11) is 0. The van der Waals surface area contributed by atoms with Crippen LogP contribution < -0.4 is 10.6 Å². The van der Waals surface area contributed by atoms with E-state index >= 15 is 0 Å². The number of hydrogen-bond donors (Lipinski definition) is 2. The largest absolute Gasteiger partial charge is 0.356 e.